The molecule has 0 aromatic heterocycles. The summed E-state index contributed by atoms with van der Waals surface area (Å²) < 4.78 is 22.0. The fraction of sp³-hybridized carbons (Fsp3) is 1.00. The molecule has 0 saturated carbocycles. The van der Waals surface area contributed by atoms with Crippen LogP contribution in [0.2, 0.25) is 0 Å². The zero-order chi connectivity index (χ0) is 24.7. The molecular formula is C22H48N4O8+4. The molecule has 200 valence electrons. The average molecular weight is 497 g/mol. The predicted molar refractivity (Wildman–Crippen MR) is 119 cm³/mol. The topological polar surface area (TPSA) is 77.1 Å². The summed E-state index contributed by atoms with van der Waals surface area (Å²) in [6.45, 7) is 10.6. The van der Waals surface area contributed by atoms with Gasteiger partial charge in [-0.05, 0) is 0 Å². The van der Waals surface area contributed by atoms with Crippen molar-refractivity contribution in [3.05, 3.63) is 0 Å². The molecule has 3 aliphatic heterocycles. The van der Waals surface area contributed by atoms with Crippen molar-refractivity contribution in [2.45, 2.75) is 51.7 Å². The first kappa shape index (κ1) is 28.1. The first-order valence-corrected chi connectivity index (χ1v) is 12.8. The van der Waals surface area contributed by atoms with E-state index in [1.165, 1.54) is 0 Å². The minimum absolute atomic E-state index is 0.107. The van der Waals surface area contributed by atoms with Gasteiger partial charge in [-0.2, -0.15) is 0 Å². The Balaban J connectivity index is 1.66. The summed E-state index contributed by atoms with van der Waals surface area (Å²) in [6, 6.07) is 0. The normalized spacial score (nSPS) is 38.8. The average Bonchev–Trinajstić information content (AvgIpc) is 3.49. The van der Waals surface area contributed by atoms with Crippen LogP contribution in [0.25, 0.3) is 0 Å². The molecule has 12 heteroatoms. The number of hydroxylamine groups is 16. The zero-order valence-corrected chi connectivity index (χ0v) is 22.1. The van der Waals surface area contributed by atoms with E-state index in [1.54, 1.807) is 0 Å². The summed E-state index contributed by atoms with van der Waals surface area (Å²) in [6.07, 6.45) is 3.72. The van der Waals surface area contributed by atoms with Crippen LogP contribution in [-0.2, 0) is 38.7 Å². The van der Waals surface area contributed by atoms with Crippen LogP contribution in [0, 0.1) is 0 Å². The lowest BCUT2D eigenvalue weighted by atomic mass is 10.3. The summed E-state index contributed by atoms with van der Waals surface area (Å²) >= 11 is 0. The molecule has 3 fully saturated rings. The number of hydrogen-bond donors (Lipinski definition) is 0. The lowest BCUT2D eigenvalue weighted by Crippen LogP contribution is -2.72. The van der Waals surface area contributed by atoms with E-state index in [0.717, 1.165) is 32.3 Å². The van der Waals surface area contributed by atoms with Crippen LogP contribution in [0.15, 0.2) is 0 Å². The van der Waals surface area contributed by atoms with Gasteiger partial charge in [-0.1, -0.05) is 13.8 Å². The molecule has 0 spiro atoms. The van der Waals surface area contributed by atoms with Gasteiger partial charge in [0.2, 0.25) is 0 Å². The first-order chi connectivity index (χ1) is 16.1. The van der Waals surface area contributed by atoms with Crippen molar-refractivity contribution in [3.63, 3.8) is 0 Å². The van der Waals surface area contributed by atoms with E-state index in [2.05, 4.69) is 13.8 Å². The Morgan fingerprint density at radius 2 is 1.15 bits per heavy atom. The van der Waals surface area contributed by atoms with E-state index in [4.69, 9.17) is 38.7 Å². The Morgan fingerprint density at radius 1 is 0.676 bits per heavy atom. The molecule has 0 aliphatic carbocycles. The van der Waals surface area contributed by atoms with Crippen molar-refractivity contribution in [1.82, 2.24) is 0 Å². The first-order valence-electron chi connectivity index (χ1n) is 12.8. The lowest BCUT2D eigenvalue weighted by Gasteiger charge is -2.41. The largest absolute Gasteiger partial charge is 0.378 e. The van der Waals surface area contributed by atoms with Gasteiger partial charge in [0, 0.05) is 25.7 Å². The van der Waals surface area contributed by atoms with Gasteiger partial charge < -0.3 is 18.9 Å². The monoisotopic (exact) mass is 496 g/mol. The second-order valence-electron chi connectivity index (χ2n) is 10.0. The minimum atomic E-state index is -0.124. The maximum atomic E-state index is 6.55. The van der Waals surface area contributed by atoms with Gasteiger partial charge in [-0.15, -0.1) is 0 Å². The third kappa shape index (κ3) is 8.87. The van der Waals surface area contributed by atoms with Crippen LogP contribution in [0.1, 0.15) is 39.5 Å². The highest BCUT2D eigenvalue weighted by molar-refractivity contribution is 4.67. The molecule has 3 rings (SSSR count). The third-order valence-electron chi connectivity index (χ3n) is 5.87. The standard InChI is InChI=1S/C22H48N4O8/c1-7-11-23(3)31-25(5,13-9-15-27-17-22-20-30-22)32-24(4,12-8-2)34-26(6,33-23)14-10-16-29-21-18-28-19-21/h21-22H,7-20H2,1-6H3/q+4. The molecule has 12 nitrogen and oxygen atoms in total. The van der Waals surface area contributed by atoms with Crippen molar-refractivity contribution in [3.8, 4) is 0 Å². The molecule has 3 unspecified atom stereocenters. The van der Waals surface area contributed by atoms with Gasteiger partial charge in [0.25, 0.3) is 0 Å². The number of hydrogen-bond acceptors (Lipinski definition) is 8. The highest BCUT2D eigenvalue weighted by atomic mass is 17.4. The molecule has 34 heavy (non-hydrogen) atoms. The predicted octanol–water partition coefficient (Wildman–Crippen LogP) is 1.60. The van der Waals surface area contributed by atoms with Crippen molar-refractivity contribution in [2.75, 3.05) is 94.0 Å². The van der Waals surface area contributed by atoms with Gasteiger partial charge in [-0.25, -0.2) is 0 Å². The maximum Gasteiger partial charge on any atom is 0.156 e. The molecule has 0 N–H and O–H groups in total. The van der Waals surface area contributed by atoms with Crippen molar-refractivity contribution in [2.24, 2.45) is 0 Å². The molecule has 3 saturated heterocycles. The SMILES string of the molecule is CCC[N+]1(C)O[N+](C)(CCCOCC2CO2)O[N+](C)(CCC)O[N+](C)(CCCOC2COC2)O1. The second kappa shape index (κ2) is 12.2. The van der Waals surface area contributed by atoms with E-state index in [-0.39, 0.29) is 31.4 Å². The summed E-state index contributed by atoms with van der Waals surface area (Å²) in [5.74, 6) is 0. The Morgan fingerprint density at radius 3 is 1.56 bits per heavy atom. The number of epoxide rings is 1. The van der Waals surface area contributed by atoms with E-state index >= 15 is 0 Å². The number of ether oxygens (including phenoxy) is 4. The lowest BCUT2D eigenvalue weighted by molar-refractivity contribution is -1.66. The van der Waals surface area contributed by atoms with Crippen LogP contribution < -0.4 is 0 Å². The zero-order valence-electron chi connectivity index (χ0n) is 22.1. The molecule has 0 bridgehead atoms. The Kier molecular flexibility index (Phi) is 10.1. The molecule has 0 aromatic carbocycles. The van der Waals surface area contributed by atoms with Crippen LogP contribution in [0.5, 0.6) is 0 Å². The molecule has 3 heterocycles. The van der Waals surface area contributed by atoms with Crippen LogP contribution in [0.4, 0.5) is 0 Å². The molecule has 0 amide bonds. The second-order valence-corrected chi connectivity index (χ2v) is 10.0. The molecular weight excluding hydrogens is 448 g/mol. The molecule has 0 aromatic rings. The van der Waals surface area contributed by atoms with Gasteiger partial charge in [-0.3, -0.25) is 0 Å². The molecule has 3 atom stereocenters. The van der Waals surface area contributed by atoms with E-state index in [9.17, 15) is 0 Å². The van der Waals surface area contributed by atoms with Crippen LogP contribution in [0.3, 0.4) is 0 Å². The van der Waals surface area contributed by atoms with E-state index in [0.29, 0.717) is 59.2 Å². The Labute approximate surface area is 204 Å². The summed E-state index contributed by atoms with van der Waals surface area (Å²) in [5.41, 5.74) is 0. The van der Waals surface area contributed by atoms with Gasteiger partial charge in [0.15, 0.2) is 26.2 Å². The van der Waals surface area contributed by atoms with Gasteiger partial charge >= 0.3 is 0 Å². The summed E-state index contributed by atoms with van der Waals surface area (Å²) in [7, 11) is 7.61. The van der Waals surface area contributed by atoms with Crippen molar-refractivity contribution < 1.29 is 57.9 Å². The number of rotatable bonds is 15. The maximum absolute atomic E-state index is 6.55. The van der Waals surface area contributed by atoms with Gasteiger partial charge in [0.05, 0.1) is 78.6 Å². The highest BCUT2D eigenvalue weighted by Crippen LogP contribution is 2.31. The quantitative estimate of drug-likeness (QED) is 0.192. The fourth-order valence-electron chi connectivity index (χ4n) is 4.40. The van der Waals surface area contributed by atoms with Crippen molar-refractivity contribution in [1.29, 1.82) is 0 Å². The Hall–Kier alpha value is -0.480. The van der Waals surface area contributed by atoms with Crippen molar-refractivity contribution >= 4 is 0 Å². The van der Waals surface area contributed by atoms with Gasteiger partial charge in [0.1, 0.15) is 40.4 Å². The minimum Gasteiger partial charge on any atom is -0.378 e. The highest BCUT2D eigenvalue weighted by Gasteiger charge is 2.60. The number of nitrogens with zero attached hydrogens (tertiary/aromatic N) is 4. The number of quaternary nitrogens is 4. The van der Waals surface area contributed by atoms with E-state index < -0.39 is 0 Å². The smallest absolute Gasteiger partial charge is 0.156 e. The Bertz CT molecular complexity index is 600. The molecule has 0 radical (unpaired) electrons. The van der Waals surface area contributed by atoms with Crippen LogP contribution >= 0.6 is 0 Å². The fourth-order valence-corrected chi connectivity index (χ4v) is 4.40. The van der Waals surface area contributed by atoms with E-state index in [1.807, 2.05) is 28.2 Å². The summed E-state index contributed by atoms with van der Waals surface area (Å²) in [5, 5.41) is 0. The molecule has 3 aliphatic rings. The van der Waals surface area contributed by atoms with Crippen LogP contribution in [-0.4, -0.2) is 125 Å². The summed E-state index contributed by atoms with van der Waals surface area (Å²) in [4.78, 5) is 25.7. The third-order valence-corrected chi connectivity index (χ3v) is 5.87.